The van der Waals surface area contributed by atoms with Gasteiger partial charge in [-0.15, -0.1) is 0 Å². The lowest BCUT2D eigenvalue weighted by molar-refractivity contribution is 0.0154. The van der Waals surface area contributed by atoms with E-state index in [-0.39, 0.29) is 5.60 Å². The Morgan fingerprint density at radius 1 is 1.47 bits per heavy atom. The number of rotatable bonds is 8. The van der Waals surface area contributed by atoms with Gasteiger partial charge in [0.1, 0.15) is 5.76 Å². The van der Waals surface area contributed by atoms with Gasteiger partial charge in [-0.1, -0.05) is 0 Å². The molecule has 17 heavy (non-hydrogen) atoms. The van der Waals surface area contributed by atoms with Crippen LogP contribution in [0.3, 0.4) is 0 Å². The van der Waals surface area contributed by atoms with Crippen molar-refractivity contribution in [1.29, 1.82) is 0 Å². The van der Waals surface area contributed by atoms with Gasteiger partial charge in [-0.25, -0.2) is 0 Å². The predicted octanol–water partition coefficient (Wildman–Crippen LogP) is 3.01. The third-order valence-electron chi connectivity index (χ3n) is 3.18. The van der Waals surface area contributed by atoms with E-state index in [1.54, 1.807) is 13.4 Å². The van der Waals surface area contributed by atoms with Crippen LogP contribution in [0.1, 0.15) is 39.4 Å². The molecule has 3 nitrogen and oxygen atoms in total. The molecule has 3 heteroatoms. The number of nitrogens with one attached hydrogen (secondary N) is 1. The maximum atomic E-state index is 5.38. The van der Waals surface area contributed by atoms with E-state index in [1.807, 2.05) is 12.1 Å². The van der Waals surface area contributed by atoms with Crippen LogP contribution in [-0.2, 0) is 11.2 Å². The van der Waals surface area contributed by atoms with Gasteiger partial charge in [-0.05, 0) is 52.3 Å². The zero-order chi connectivity index (χ0) is 12.7. The van der Waals surface area contributed by atoms with Crippen molar-refractivity contribution < 1.29 is 9.15 Å². The van der Waals surface area contributed by atoms with E-state index in [0.717, 1.165) is 31.6 Å². The van der Waals surface area contributed by atoms with Crippen LogP contribution >= 0.6 is 0 Å². The van der Waals surface area contributed by atoms with Crippen molar-refractivity contribution in [2.24, 2.45) is 0 Å². The number of aryl methyl sites for hydroxylation is 1. The van der Waals surface area contributed by atoms with E-state index >= 15 is 0 Å². The Bertz CT molecular complexity index is 293. The van der Waals surface area contributed by atoms with Crippen LogP contribution in [0.5, 0.6) is 0 Å². The second kappa shape index (κ2) is 6.82. The summed E-state index contributed by atoms with van der Waals surface area (Å²) in [5.74, 6) is 1.07. The molecule has 1 atom stereocenters. The Hall–Kier alpha value is -0.800. The minimum Gasteiger partial charge on any atom is -0.469 e. The summed E-state index contributed by atoms with van der Waals surface area (Å²) in [6.45, 7) is 7.42. The van der Waals surface area contributed by atoms with Crippen LogP contribution in [0.15, 0.2) is 22.8 Å². The Kier molecular flexibility index (Phi) is 5.72. The minimum atomic E-state index is -0.0340. The molecule has 0 aliphatic rings. The molecule has 0 radical (unpaired) electrons. The van der Waals surface area contributed by atoms with Crippen LogP contribution in [0.2, 0.25) is 0 Å². The highest BCUT2D eigenvalue weighted by atomic mass is 16.5. The van der Waals surface area contributed by atoms with Crippen molar-refractivity contribution in [3.8, 4) is 0 Å². The lowest BCUT2D eigenvalue weighted by Gasteiger charge is -2.24. The molecular weight excluding hydrogens is 214 g/mol. The standard InChI is InChI=1S/C14H25NO2/c1-12(7-8-13-6-5-11-17-13)15-10-9-14(2,3)16-4/h5-6,11-12,15H,7-10H2,1-4H3. The summed E-state index contributed by atoms with van der Waals surface area (Å²) in [5, 5.41) is 3.51. The van der Waals surface area contributed by atoms with E-state index in [4.69, 9.17) is 9.15 Å². The summed E-state index contributed by atoms with van der Waals surface area (Å²) < 4.78 is 10.7. The van der Waals surface area contributed by atoms with Gasteiger partial charge in [-0.3, -0.25) is 0 Å². The summed E-state index contributed by atoms with van der Waals surface area (Å²) in [6, 6.07) is 4.47. The molecule has 1 aromatic rings. The molecule has 0 saturated carbocycles. The van der Waals surface area contributed by atoms with E-state index < -0.39 is 0 Å². The first-order chi connectivity index (χ1) is 8.03. The Morgan fingerprint density at radius 3 is 2.82 bits per heavy atom. The van der Waals surface area contributed by atoms with Crippen molar-refractivity contribution in [1.82, 2.24) is 5.32 Å². The molecule has 0 aromatic carbocycles. The zero-order valence-electron chi connectivity index (χ0n) is 11.5. The summed E-state index contributed by atoms with van der Waals surface area (Å²) in [6.07, 6.45) is 4.85. The van der Waals surface area contributed by atoms with E-state index in [2.05, 4.69) is 26.1 Å². The maximum Gasteiger partial charge on any atom is 0.103 e. The molecule has 0 aliphatic heterocycles. The van der Waals surface area contributed by atoms with Gasteiger partial charge in [0.15, 0.2) is 0 Å². The van der Waals surface area contributed by atoms with Gasteiger partial charge in [0.2, 0.25) is 0 Å². The molecule has 1 N–H and O–H groups in total. The van der Waals surface area contributed by atoms with E-state index in [1.165, 1.54) is 0 Å². The lowest BCUT2D eigenvalue weighted by atomic mass is 10.0. The fourth-order valence-electron chi connectivity index (χ4n) is 1.64. The van der Waals surface area contributed by atoms with E-state index in [9.17, 15) is 0 Å². The van der Waals surface area contributed by atoms with Gasteiger partial charge in [0, 0.05) is 19.6 Å². The Labute approximate surface area is 105 Å². The molecule has 0 saturated heterocycles. The second-order valence-electron chi connectivity index (χ2n) is 5.19. The molecule has 1 unspecified atom stereocenters. The topological polar surface area (TPSA) is 34.4 Å². The summed E-state index contributed by atoms with van der Waals surface area (Å²) in [5.41, 5.74) is -0.0340. The number of ether oxygens (including phenoxy) is 1. The highest BCUT2D eigenvalue weighted by Gasteiger charge is 2.15. The predicted molar refractivity (Wildman–Crippen MR) is 70.2 cm³/mol. The SMILES string of the molecule is COC(C)(C)CCNC(C)CCc1ccco1. The zero-order valence-corrected chi connectivity index (χ0v) is 11.5. The third kappa shape index (κ3) is 5.89. The van der Waals surface area contributed by atoms with Crippen LogP contribution in [0.4, 0.5) is 0 Å². The largest absolute Gasteiger partial charge is 0.469 e. The monoisotopic (exact) mass is 239 g/mol. The number of hydrogen-bond acceptors (Lipinski definition) is 3. The normalized spacial score (nSPS) is 13.9. The van der Waals surface area contributed by atoms with Crippen LogP contribution in [0.25, 0.3) is 0 Å². The van der Waals surface area contributed by atoms with Crippen molar-refractivity contribution >= 4 is 0 Å². The van der Waals surface area contributed by atoms with Crippen LogP contribution in [-0.4, -0.2) is 25.3 Å². The molecule has 1 rings (SSSR count). The molecule has 0 amide bonds. The maximum absolute atomic E-state index is 5.38. The Balaban J connectivity index is 2.11. The van der Waals surface area contributed by atoms with Gasteiger partial charge in [0.25, 0.3) is 0 Å². The smallest absolute Gasteiger partial charge is 0.103 e. The van der Waals surface area contributed by atoms with Gasteiger partial charge in [-0.2, -0.15) is 0 Å². The molecular formula is C14H25NO2. The average molecular weight is 239 g/mol. The van der Waals surface area contributed by atoms with Crippen LogP contribution < -0.4 is 5.32 Å². The molecule has 0 spiro atoms. The van der Waals surface area contributed by atoms with Crippen molar-refractivity contribution in [3.05, 3.63) is 24.2 Å². The second-order valence-corrected chi connectivity index (χ2v) is 5.19. The summed E-state index contributed by atoms with van der Waals surface area (Å²) in [4.78, 5) is 0. The van der Waals surface area contributed by atoms with Crippen molar-refractivity contribution in [3.63, 3.8) is 0 Å². The van der Waals surface area contributed by atoms with Gasteiger partial charge < -0.3 is 14.5 Å². The van der Waals surface area contributed by atoms with E-state index in [0.29, 0.717) is 6.04 Å². The third-order valence-corrected chi connectivity index (χ3v) is 3.18. The Morgan fingerprint density at radius 2 is 2.24 bits per heavy atom. The average Bonchev–Trinajstić information content (AvgIpc) is 2.79. The quantitative estimate of drug-likeness (QED) is 0.757. The van der Waals surface area contributed by atoms with Crippen molar-refractivity contribution in [2.45, 2.75) is 51.7 Å². The summed E-state index contributed by atoms with van der Waals surface area (Å²) >= 11 is 0. The number of methoxy groups -OCH3 is 1. The minimum absolute atomic E-state index is 0.0340. The van der Waals surface area contributed by atoms with Crippen LogP contribution in [0, 0.1) is 0 Å². The molecule has 98 valence electrons. The number of furan rings is 1. The highest BCUT2D eigenvalue weighted by molar-refractivity contribution is 4.98. The molecule has 0 aliphatic carbocycles. The molecule has 1 aromatic heterocycles. The highest BCUT2D eigenvalue weighted by Crippen LogP contribution is 2.12. The summed E-state index contributed by atoms with van der Waals surface area (Å²) in [7, 11) is 1.76. The molecule has 0 bridgehead atoms. The van der Waals surface area contributed by atoms with Gasteiger partial charge in [0.05, 0.1) is 11.9 Å². The van der Waals surface area contributed by atoms with Gasteiger partial charge >= 0.3 is 0 Å². The van der Waals surface area contributed by atoms with Crippen molar-refractivity contribution in [2.75, 3.05) is 13.7 Å². The first kappa shape index (κ1) is 14.3. The molecule has 0 fully saturated rings. The number of hydrogen-bond donors (Lipinski definition) is 1. The lowest BCUT2D eigenvalue weighted by Crippen LogP contribution is -2.33. The fourth-order valence-corrected chi connectivity index (χ4v) is 1.64. The molecule has 1 heterocycles. The first-order valence-electron chi connectivity index (χ1n) is 6.34. The first-order valence-corrected chi connectivity index (χ1v) is 6.34. The fraction of sp³-hybridized carbons (Fsp3) is 0.714.